The average molecular weight is 285 g/mol. The topological polar surface area (TPSA) is 156 Å². The third-order valence-electron chi connectivity index (χ3n) is 4.26. The molecule has 20 heavy (non-hydrogen) atoms. The molecule has 2 amide bonds. The van der Waals surface area contributed by atoms with Crippen LogP contribution >= 0.6 is 0 Å². The molecule has 0 spiro atoms. The third-order valence-corrected chi connectivity index (χ3v) is 4.26. The van der Waals surface area contributed by atoms with Gasteiger partial charge in [-0.1, -0.05) is 0 Å². The first-order chi connectivity index (χ1) is 9.28. The van der Waals surface area contributed by atoms with E-state index in [1.807, 2.05) is 0 Å². The lowest BCUT2D eigenvalue weighted by Gasteiger charge is -2.29. The number of hydrogen-bond acceptors (Lipinski definition) is 5. The van der Waals surface area contributed by atoms with Crippen LogP contribution in [0.5, 0.6) is 0 Å². The maximum absolute atomic E-state index is 12.0. The van der Waals surface area contributed by atoms with Crippen molar-refractivity contribution in [1.82, 2.24) is 5.32 Å². The van der Waals surface area contributed by atoms with E-state index in [2.05, 4.69) is 5.32 Å². The quantitative estimate of drug-likeness (QED) is 0.377. The number of carboxylic acids is 1. The van der Waals surface area contributed by atoms with Crippen molar-refractivity contribution in [3.8, 4) is 0 Å². The highest BCUT2D eigenvalue weighted by atomic mass is 16.4. The van der Waals surface area contributed by atoms with Gasteiger partial charge >= 0.3 is 5.97 Å². The van der Waals surface area contributed by atoms with Crippen molar-refractivity contribution in [2.24, 2.45) is 23.3 Å². The molecule has 0 aromatic heterocycles. The number of aliphatic hydroxyl groups excluding tert-OH is 1. The van der Waals surface area contributed by atoms with Gasteiger partial charge in [0.25, 0.3) is 0 Å². The van der Waals surface area contributed by atoms with Crippen molar-refractivity contribution in [1.29, 1.82) is 0 Å². The van der Waals surface area contributed by atoms with Crippen LogP contribution < -0.4 is 16.8 Å². The highest BCUT2D eigenvalue weighted by Crippen LogP contribution is 2.57. The van der Waals surface area contributed by atoms with Crippen molar-refractivity contribution < 1.29 is 24.6 Å². The number of fused-ring (bicyclic) bond motifs is 1. The Morgan fingerprint density at radius 3 is 2.45 bits per heavy atom. The van der Waals surface area contributed by atoms with Crippen LogP contribution in [-0.4, -0.2) is 45.7 Å². The summed E-state index contributed by atoms with van der Waals surface area (Å²) in [7, 11) is 0. The molecule has 112 valence electrons. The first kappa shape index (κ1) is 14.7. The van der Waals surface area contributed by atoms with Gasteiger partial charge in [0.2, 0.25) is 11.8 Å². The minimum absolute atomic E-state index is 0.00799. The summed E-state index contributed by atoms with van der Waals surface area (Å²) < 4.78 is 0. The second kappa shape index (κ2) is 5.02. The molecular weight excluding hydrogens is 266 g/mol. The number of carboxylic acid groups (broad SMARTS) is 1. The number of carbonyl (C=O) groups excluding carboxylic acids is 2. The zero-order valence-corrected chi connectivity index (χ0v) is 10.9. The summed E-state index contributed by atoms with van der Waals surface area (Å²) >= 11 is 0. The van der Waals surface area contributed by atoms with E-state index in [0.29, 0.717) is 6.42 Å². The molecular formula is C12H19N3O5. The van der Waals surface area contributed by atoms with Gasteiger partial charge in [-0.2, -0.15) is 0 Å². The summed E-state index contributed by atoms with van der Waals surface area (Å²) in [6, 6.07) is -0.992. The lowest BCUT2D eigenvalue weighted by molar-refractivity contribution is -0.149. The lowest BCUT2D eigenvalue weighted by Crippen LogP contribution is -2.59. The fourth-order valence-corrected chi connectivity index (χ4v) is 3.02. The van der Waals surface area contributed by atoms with Gasteiger partial charge in [-0.3, -0.25) is 9.59 Å². The number of amides is 2. The van der Waals surface area contributed by atoms with Crippen LogP contribution in [0.4, 0.5) is 0 Å². The average Bonchev–Trinajstić information content (AvgIpc) is 3.10. The molecule has 0 radical (unpaired) electrons. The standard InChI is InChI=1S/C12H19N3O5/c13-7(1-2-9(14)17)10(18)15-12(11(19)20)4-8(16)5-3-6(5)12/h5-8,16H,1-4,13H2,(H2,14,17)(H,15,18)(H,19,20)/t5-,6+,7-,8-,12-/m0/s1. The smallest absolute Gasteiger partial charge is 0.329 e. The van der Waals surface area contributed by atoms with Gasteiger partial charge < -0.3 is 27.0 Å². The Labute approximate surface area is 115 Å². The minimum atomic E-state index is -1.44. The molecule has 5 atom stereocenters. The van der Waals surface area contributed by atoms with Crippen molar-refractivity contribution in [2.75, 3.05) is 0 Å². The zero-order valence-electron chi connectivity index (χ0n) is 10.9. The minimum Gasteiger partial charge on any atom is -0.479 e. The van der Waals surface area contributed by atoms with Crippen LogP contribution in [-0.2, 0) is 14.4 Å². The van der Waals surface area contributed by atoms with Crippen molar-refractivity contribution in [2.45, 2.75) is 43.4 Å². The van der Waals surface area contributed by atoms with Crippen LogP contribution in [0.15, 0.2) is 0 Å². The summed E-state index contributed by atoms with van der Waals surface area (Å²) in [5.74, 6) is -2.67. The second-order valence-electron chi connectivity index (χ2n) is 5.65. The molecule has 2 aliphatic rings. The van der Waals surface area contributed by atoms with E-state index >= 15 is 0 Å². The largest absolute Gasteiger partial charge is 0.479 e. The Morgan fingerprint density at radius 2 is 2.05 bits per heavy atom. The van der Waals surface area contributed by atoms with Crippen LogP contribution in [0, 0.1) is 11.8 Å². The Morgan fingerprint density at radius 1 is 1.40 bits per heavy atom. The predicted molar refractivity (Wildman–Crippen MR) is 67.1 cm³/mol. The van der Waals surface area contributed by atoms with E-state index in [0.717, 1.165) is 0 Å². The van der Waals surface area contributed by atoms with Gasteiger partial charge in [-0.25, -0.2) is 4.79 Å². The molecule has 2 fully saturated rings. The molecule has 0 heterocycles. The normalized spacial score (nSPS) is 36.0. The van der Waals surface area contributed by atoms with Crippen molar-refractivity contribution in [3.05, 3.63) is 0 Å². The van der Waals surface area contributed by atoms with Gasteiger partial charge in [0, 0.05) is 12.8 Å². The molecule has 0 unspecified atom stereocenters. The number of hydrogen-bond donors (Lipinski definition) is 5. The van der Waals surface area contributed by atoms with Crippen LogP contribution in [0.1, 0.15) is 25.7 Å². The van der Waals surface area contributed by atoms with Crippen LogP contribution in [0.25, 0.3) is 0 Å². The van der Waals surface area contributed by atoms with Crippen molar-refractivity contribution >= 4 is 17.8 Å². The lowest BCUT2D eigenvalue weighted by atomic mass is 9.91. The number of rotatable bonds is 6. The van der Waals surface area contributed by atoms with Crippen LogP contribution in [0.3, 0.4) is 0 Å². The number of nitrogens with two attached hydrogens (primary N) is 2. The van der Waals surface area contributed by atoms with E-state index < -0.39 is 35.5 Å². The van der Waals surface area contributed by atoms with E-state index in [1.54, 1.807) is 0 Å². The Balaban J connectivity index is 2.01. The second-order valence-corrected chi connectivity index (χ2v) is 5.65. The fraction of sp³-hybridized carbons (Fsp3) is 0.750. The number of carbonyl (C=O) groups is 3. The fourth-order valence-electron chi connectivity index (χ4n) is 3.02. The van der Waals surface area contributed by atoms with Gasteiger partial charge in [0.1, 0.15) is 5.54 Å². The molecule has 2 saturated carbocycles. The summed E-state index contributed by atoms with van der Waals surface area (Å²) in [4.78, 5) is 34.1. The Hall–Kier alpha value is -1.67. The molecule has 2 aliphatic carbocycles. The molecule has 8 nitrogen and oxygen atoms in total. The van der Waals surface area contributed by atoms with E-state index in [9.17, 15) is 24.6 Å². The highest BCUT2D eigenvalue weighted by molar-refractivity contribution is 5.91. The van der Waals surface area contributed by atoms with E-state index in [1.165, 1.54) is 0 Å². The first-order valence-electron chi connectivity index (χ1n) is 6.55. The molecule has 0 saturated heterocycles. The molecule has 2 rings (SSSR count). The molecule has 0 bridgehead atoms. The highest BCUT2D eigenvalue weighted by Gasteiger charge is 2.67. The van der Waals surface area contributed by atoms with Gasteiger partial charge in [-0.05, 0) is 24.7 Å². The molecule has 0 aliphatic heterocycles. The van der Waals surface area contributed by atoms with Crippen molar-refractivity contribution in [3.63, 3.8) is 0 Å². The summed E-state index contributed by atoms with van der Waals surface area (Å²) in [6.07, 6.45) is -0.106. The zero-order chi connectivity index (χ0) is 15.1. The number of aliphatic carboxylic acids is 1. The van der Waals surface area contributed by atoms with Crippen LogP contribution in [0.2, 0.25) is 0 Å². The summed E-state index contributed by atoms with van der Waals surface area (Å²) in [5.41, 5.74) is 9.15. The molecule has 0 aromatic carbocycles. The summed E-state index contributed by atoms with van der Waals surface area (Å²) in [5, 5.41) is 21.6. The Kier molecular flexibility index (Phi) is 3.70. The molecule has 7 N–H and O–H groups in total. The van der Waals surface area contributed by atoms with Gasteiger partial charge in [-0.15, -0.1) is 0 Å². The molecule has 8 heteroatoms. The third kappa shape index (κ3) is 2.48. The maximum Gasteiger partial charge on any atom is 0.329 e. The number of aliphatic hydroxyl groups is 1. The number of nitrogens with one attached hydrogen (secondary N) is 1. The predicted octanol–water partition coefficient (Wildman–Crippen LogP) is -2.08. The SMILES string of the molecule is NC(=O)CC[C@H](N)C(=O)N[C@@]1(C(=O)O)C[C@H](O)[C@H]2C[C@H]21. The van der Waals surface area contributed by atoms with E-state index in [4.69, 9.17) is 11.5 Å². The molecule has 0 aromatic rings. The monoisotopic (exact) mass is 285 g/mol. The maximum atomic E-state index is 12.0. The Bertz CT molecular complexity index is 454. The van der Waals surface area contributed by atoms with E-state index in [-0.39, 0.29) is 31.1 Å². The number of primary amides is 1. The van der Waals surface area contributed by atoms with Gasteiger partial charge in [0.15, 0.2) is 0 Å². The first-order valence-corrected chi connectivity index (χ1v) is 6.55. The van der Waals surface area contributed by atoms with Gasteiger partial charge in [0.05, 0.1) is 12.1 Å². The summed E-state index contributed by atoms with van der Waals surface area (Å²) in [6.45, 7) is 0.